The predicted molar refractivity (Wildman–Crippen MR) is 53.7 cm³/mol. The third-order valence-corrected chi connectivity index (χ3v) is 3.08. The van der Waals surface area contributed by atoms with Crippen LogP contribution in [0.25, 0.3) is 0 Å². The molecule has 0 aromatic carbocycles. The van der Waals surface area contributed by atoms with Crippen LogP contribution in [0.3, 0.4) is 0 Å². The van der Waals surface area contributed by atoms with Gasteiger partial charge in [0.05, 0.1) is 18.6 Å². The summed E-state index contributed by atoms with van der Waals surface area (Å²) in [6, 6.07) is 0. The van der Waals surface area contributed by atoms with Crippen LogP contribution in [0.5, 0.6) is 0 Å². The first-order chi connectivity index (χ1) is 6.73. The second kappa shape index (κ2) is 3.89. The van der Waals surface area contributed by atoms with E-state index in [1.807, 2.05) is 13.8 Å². The van der Waals surface area contributed by atoms with Gasteiger partial charge in [0.1, 0.15) is 0 Å². The maximum absolute atomic E-state index is 11.5. The van der Waals surface area contributed by atoms with Gasteiger partial charge in [-0.2, -0.15) is 0 Å². The lowest BCUT2D eigenvalue weighted by Gasteiger charge is -2.50. The zero-order valence-electron chi connectivity index (χ0n) is 10.3. The summed E-state index contributed by atoms with van der Waals surface area (Å²) in [6.07, 6.45) is 0.0943. The van der Waals surface area contributed by atoms with Crippen molar-refractivity contribution in [3.63, 3.8) is 0 Å². The Bertz CT molecular complexity index is 261. The zero-order chi connectivity index (χ0) is 11.9. The van der Waals surface area contributed by atoms with Gasteiger partial charge in [0.15, 0.2) is 0 Å². The van der Waals surface area contributed by atoms with Crippen molar-refractivity contribution in [3.05, 3.63) is 0 Å². The van der Waals surface area contributed by atoms with E-state index in [1.54, 1.807) is 6.92 Å². The molecule has 3 heteroatoms. The molecule has 1 aliphatic rings. The molecule has 0 heterocycles. The Balaban J connectivity index is 2.68. The van der Waals surface area contributed by atoms with Crippen molar-refractivity contribution in [1.82, 2.24) is 0 Å². The molecular weight excluding hydrogens is 180 g/mol. The molecule has 14 heavy (non-hydrogen) atoms. The minimum Gasteiger partial charge on any atom is -0.466 e. The largest absolute Gasteiger partial charge is 0.466 e. The first-order valence-corrected chi connectivity index (χ1v) is 5.08. The average Bonchev–Trinajstić information content (AvgIpc) is 2.14. The SMILES string of the molecule is [2H][C@](C)(C(=O)OCC)[C@H]1CC(C)(C)[C@@H]1O. The van der Waals surface area contributed by atoms with Crippen LogP contribution in [0.2, 0.25) is 0 Å². The van der Waals surface area contributed by atoms with Crippen molar-refractivity contribution in [2.24, 2.45) is 17.2 Å². The molecule has 1 fully saturated rings. The highest BCUT2D eigenvalue weighted by Gasteiger charge is 2.50. The Kier molecular flexibility index (Phi) is 2.77. The number of aliphatic hydroxyl groups is 1. The summed E-state index contributed by atoms with van der Waals surface area (Å²) in [5.74, 6) is -2.18. The normalized spacial score (nSPS) is 35.1. The molecule has 3 nitrogen and oxygen atoms in total. The van der Waals surface area contributed by atoms with Crippen molar-refractivity contribution < 1.29 is 16.0 Å². The lowest BCUT2D eigenvalue weighted by Crippen LogP contribution is -2.52. The summed E-state index contributed by atoms with van der Waals surface area (Å²) in [5.41, 5.74) is -0.181. The lowest BCUT2D eigenvalue weighted by atomic mass is 9.58. The number of hydrogen-bond donors (Lipinski definition) is 1. The fourth-order valence-corrected chi connectivity index (χ4v) is 1.97. The van der Waals surface area contributed by atoms with Gasteiger partial charge in [-0.15, -0.1) is 0 Å². The number of carbonyl (C=O) groups excluding carboxylic acids is 1. The van der Waals surface area contributed by atoms with Gasteiger partial charge in [-0.1, -0.05) is 20.8 Å². The fraction of sp³-hybridized carbons (Fsp3) is 0.909. The van der Waals surface area contributed by atoms with E-state index in [-0.39, 0.29) is 17.9 Å². The maximum Gasteiger partial charge on any atom is 0.309 e. The van der Waals surface area contributed by atoms with Crippen LogP contribution < -0.4 is 0 Å². The molecule has 0 bridgehead atoms. The Hall–Kier alpha value is -0.570. The summed E-state index contributed by atoms with van der Waals surface area (Å²) in [4.78, 5) is 11.5. The second-order valence-electron chi connectivity index (χ2n) is 4.65. The molecule has 0 aromatic rings. The van der Waals surface area contributed by atoms with Gasteiger partial charge in [-0.3, -0.25) is 4.79 Å². The molecule has 0 amide bonds. The molecule has 0 spiro atoms. The van der Waals surface area contributed by atoms with E-state index in [4.69, 9.17) is 6.11 Å². The molecule has 1 aliphatic carbocycles. The van der Waals surface area contributed by atoms with E-state index in [9.17, 15) is 9.90 Å². The Morgan fingerprint density at radius 2 is 2.36 bits per heavy atom. The smallest absolute Gasteiger partial charge is 0.309 e. The van der Waals surface area contributed by atoms with Gasteiger partial charge < -0.3 is 9.84 Å². The number of esters is 1. The molecular formula is C11H20O3. The monoisotopic (exact) mass is 201 g/mol. The Morgan fingerprint density at radius 1 is 1.79 bits per heavy atom. The van der Waals surface area contributed by atoms with Crippen molar-refractivity contribution in [2.45, 2.75) is 40.2 Å². The van der Waals surface area contributed by atoms with Crippen molar-refractivity contribution in [2.75, 3.05) is 6.61 Å². The molecule has 0 radical (unpaired) electrons. The van der Waals surface area contributed by atoms with Crippen LogP contribution in [0.1, 0.15) is 35.5 Å². The number of rotatable bonds is 3. The number of carbonyl (C=O) groups is 1. The van der Waals surface area contributed by atoms with Crippen LogP contribution in [0.15, 0.2) is 0 Å². The van der Waals surface area contributed by atoms with E-state index < -0.39 is 18.0 Å². The van der Waals surface area contributed by atoms with Crippen LogP contribution in [-0.4, -0.2) is 23.8 Å². The van der Waals surface area contributed by atoms with Gasteiger partial charge in [0.2, 0.25) is 0 Å². The average molecular weight is 201 g/mol. The molecule has 0 saturated heterocycles. The van der Waals surface area contributed by atoms with E-state index >= 15 is 0 Å². The van der Waals surface area contributed by atoms with Crippen molar-refractivity contribution >= 4 is 5.97 Å². The topological polar surface area (TPSA) is 46.5 Å². The van der Waals surface area contributed by atoms with Gasteiger partial charge in [-0.25, -0.2) is 0 Å². The molecule has 1 saturated carbocycles. The minimum atomic E-state index is -1.33. The van der Waals surface area contributed by atoms with Gasteiger partial charge in [0, 0.05) is 1.37 Å². The van der Waals surface area contributed by atoms with E-state index in [2.05, 4.69) is 0 Å². The highest BCUT2D eigenvalue weighted by Crippen LogP contribution is 2.48. The maximum atomic E-state index is 11.5. The molecule has 1 rings (SSSR count). The van der Waals surface area contributed by atoms with Crippen LogP contribution in [-0.2, 0) is 9.53 Å². The van der Waals surface area contributed by atoms with E-state index in [0.717, 1.165) is 0 Å². The van der Waals surface area contributed by atoms with Crippen LogP contribution in [0.4, 0.5) is 0 Å². The number of hydrogen-bond acceptors (Lipinski definition) is 3. The predicted octanol–water partition coefficient (Wildman–Crippen LogP) is 1.59. The second-order valence-corrected chi connectivity index (χ2v) is 4.65. The third kappa shape index (κ3) is 1.92. The van der Waals surface area contributed by atoms with Gasteiger partial charge in [-0.05, 0) is 24.7 Å². The lowest BCUT2D eigenvalue weighted by molar-refractivity contribution is -0.165. The minimum absolute atomic E-state index is 0.181. The highest BCUT2D eigenvalue weighted by molar-refractivity contribution is 5.72. The molecule has 0 aliphatic heterocycles. The first-order valence-electron chi connectivity index (χ1n) is 5.58. The fourth-order valence-electron chi connectivity index (χ4n) is 1.97. The summed E-state index contributed by atoms with van der Waals surface area (Å²) >= 11 is 0. The summed E-state index contributed by atoms with van der Waals surface area (Å²) in [6.45, 7) is 7.40. The summed E-state index contributed by atoms with van der Waals surface area (Å²) < 4.78 is 12.8. The van der Waals surface area contributed by atoms with E-state index in [1.165, 1.54) is 6.92 Å². The quantitative estimate of drug-likeness (QED) is 0.705. The standard InChI is InChI=1S/C11H20O3/c1-5-14-10(13)7(2)8-6-11(3,4)9(8)12/h7-9,12H,5-6H2,1-4H3/t7-,8-,9-/m1/s1/i7D. The zero-order valence-corrected chi connectivity index (χ0v) is 9.33. The molecule has 0 unspecified atom stereocenters. The molecule has 1 N–H and O–H groups in total. The Labute approximate surface area is 86.9 Å². The molecule has 82 valence electrons. The highest BCUT2D eigenvalue weighted by atomic mass is 16.5. The van der Waals surface area contributed by atoms with Crippen molar-refractivity contribution in [1.29, 1.82) is 0 Å². The number of aliphatic hydroxyl groups excluding tert-OH is 1. The van der Waals surface area contributed by atoms with Crippen molar-refractivity contribution in [3.8, 4) is 0 Å². The van der Waals surface area contributed by atoms with Gasteiger partial charge >= 0.3 is 5.97 Å². The van der Waals surface area contributed by atoms with Crippen LogP contribution in [0, 0.1) is 17.2 Å². The molecule has 0 aromatic heterocycles. The van der Waals surface area contributed by atoms with Crippen LogP contribution >= 0.6 is 0 Å². The summed E-state index contributed by atoms with van der Waals surface area (Å²) in [7, 11) is 0. The first kappa shape index (κ1) is 9.97. The number of ether oxygens (including phenoxy) is 1. The summed E-state index contributed by atoms with van der Waals surface area (Å²) in [5, 5.41) is 9.86. The van der Waals surface area contributed by atoms with E-state index in [0.29, 0.717) is 6.42 Å². The van der Waals surface area contributed by atoms with Gasteiger partial charge in [0.25, 0.3) is 0 Å². The Morgan fingerprint density at radius 3 is 2.71 bits per heavy atom. The molecule has 3 atom stereocenters. The third-order valence-electron chi connectivity index (χ3n) is 3.08.